The minimum absolute atomic E-state index is 0.533. The average Bonchev–Trinajstić information content (AvgIpc) is 3.32. The highest BCUT2D eigenvalue weighted by atomic mass is 15.2. The number of rotatable bonds is 4. The highest BCUT2D eigenvalue weighted by Crippen LogP contribution is 2.36. The summed E-state index contributed by atoms with van der Waals surface area (Å²) in [6, 6.07) is 17.0. The second-order valence-electron chi connectivity index (χ2n) is 5.12. The van der Waals surface area contributed by atoms with E-state index in [1.165, 1.54) is 12.8 Å². The Morgan fingerprint density at radius 2 is 1.80 bits per heavy atom. The van der Waals surface area contributed by atoms with E-state index in [2.05, 4.69) is 23.1 Å². The van der Waals surface area contributed by atoms with Gasteiger partial charge in [-0.2, -0.15) is 10.5 Å². The lowest BCUT2D eigenvalue weighted by Crippen LogP contribution is -2.26. The molecule has 2 aromatic carbocycles. The van der Waals surface area contributed by atoms with Crippen molar-refractivity contribution in [3.8, 4) is 12.1 Å². The second-order valence-corrected chi connectivity index (χ2v) is 5.12. The number of anilines is 1. The largest absolute Gasteiger partial charge is 0.367 e. The highest BCUT2D eigenvalue weighted by molar-refractivity contribution is 5.98. The van der Waals surface area contributed by atoms with Gasteiger partial charge in [0.25, 0.3) is 0 Å². The summed E-state index contributed by atoms with van der Waals surface area (Å²) in [7, 11) is 0. The average molecular weight is 261 g/mol. The Labute approximate surface area is 118 Å². The summed E-state index contributed by atoms with van der Waals surface area (Å²) >= 11 is 0. The fraction of sp³-hybridized carbons (Fsp3) is 0.294. The van der Waals surface area contributed by atoms with E-state index in [4.69, 9.17) is 5.26 Å². The second kappa shape index (κ2) is 5.23. The van der Waals surface area contributed by atoms with Crippen LogP contribution >= 0.6 is 0 Å². The first-order chi connectivity index (χ1) is 9.85. The van der Waals surface area contributed by atoms with E-state index < -0.39 is 0 Å². The van der Waals surface area contributed by atoms with Gasteiger partial charge in [0.05, 0.1) is 24.1 Å². The summed E-state index contributed by atoms with van der Waals surface area (Å²) in [6.45, 7) is 0.761. The lowest BCUT2D eigenvalue weighted by molar-refractivity contribution is 0.796. The van der Waals surface area contributed by atoms with Gasteiger partial charge in [-0.15, -0.1) is 0 Å². The van der Waals surface area contributed by atoms with E-state index in [0.29, 0.717) is 18.0 Å². The van der Waals surface area contributed by atoms with Crippen LogP contribution in [-0.4, -0.2) is 12.6 Å². The number of hydrogen-bond acceptors (Lipinski definition) is 3. The van der Waals surface area contributed by atoms with Gasteiger partial charge in [0, 0.05) is 29.0 Å². The molecule has 3 heteroatoms. The summed E-state index contributed by atoms with van der Waals surface area (Å²) in [4.78, 5) is 2.33. The predicted octanol–water partition coefficient (Wildman–Crippen LogP) is 3.59. The number of hydrogen-bond donors (Lipinski definition) is 0. The molecule has 20 heavy (non-hydrogen) atoms. The van der Waals surface area contributed by atoms with Crippen molar-refractivity contribution >= 4 is 16.5 Å². The van der Waals surface area contributed by atoms with Crippen LogP contribution in [0, 0.1) is 22.7 Å². The third-order valence-electron chi connectivity index (χ3n) is 3.78. The maximum atomic E-state index is 9.22. The van der Waals surface area contributed by atoms with Crippen LogP contribution in [0.3, 0.4) is 0 Å². The summed E-state index contributed by atoms with van der Waals surface area (Å²) in [6.07, 6.45) is 2.92. The van der Waals surface area contributed by atoms with Gasteiger partial charge in [-0.1, -0.05) is 24.3 Å². The molecule has 0 bridgehead atoms. The summed E-state index contributed by atoms with van der Waals surface area (Å²) in [5.41, 5.74) is 1.86. The molecular formula is C17H15N3. The Morgan fingerprint density at radius 1 is 1.05 bits per heavy atom. The molecule has 0 atom stereocenters. The molecule has 0 unspecified atom stereocenters. The van der Waals surface area contributed by atoms with Crippen LogP contribution < -0.4 is 4.90 Å². The van der Waals surface area contributed by atoms with Crippen molar-refractivity contribution in [1.29, 1.82) is 10.5 Å². The Bertz CT molecular complexity index is 717. The normalized spacial score (nSPS) is 13.7. The van der Waals surface area contributed by atoms with E-state index >= 15 is 0 Å². The Hall–Kier alpha value is -2.52. The molecule has 3 nitrogen and oxygen atoms in total. The molecule has 1 aliphatic carbocycles. The van der Waals surface area contributed by atoms with Gasteiger partial charge in [-0.05, 0) is 25.0 Å². The zero-order valence-corrected chi connectivity index (χ0v) is 11.2. The Kier molecular flexibility index (Phi) is 3.27. The fourth-order valence-electron chi connectivity index (χ4n) is 2.69. The molecule has 0 aromatic heterocycles. The van der Waals surface area contributed by atoms with Crippen molar-refractivity contribution < 1.29 is 0 Å². The van der Waals surface area contributed by atoms with Gasteiger partial charge in [0.1, 0.15) is 0 Å². The van der Waals surface area contributed by atoms with Crippen molar-refractivity contribution in [3.05, 3.63) is 42.0 Å². The molecule has 0 N–H and O–H groups in total. The van der Waals surface area contributed by atoms with Crippen LogP contribution in [0.1, 0.15) is 24.8 Å². The summed E-state index contributed by atoms with van der Waals surface area (Å²) < 4.78 is 0. The van der Waals surface area contributed by atoms with Crippen molar-refractivity contribution in [2.24, 2.45) is 0 Å². The van der Waals surface area contributed by atoms with Crippen molar-refractivity contribution in [3.63, 3.8) is 0 Å². The molecule has 1 fully saturated rings. The molecule has 1 aliphatic rings. The van der Waals surface area contributed by atoms with E-state index in [-0.39, 0.29) is 0 Å². The van der Waals surface area contributed by atoms with Crippen molar-refractivity contribution in [2.45, 2.75) is 25.3 Å². The topological polar surface area (TPSA) is 50.8 Å². The molecule has 3 rings (SSSR count). The van der Waals surface area contributed by atoms with Crippen LogP contribution in [0.15, 0.2) is 36.4 Å². The third kappa shape index (κ3) is 2.19. The zero-order chi connectivity index (χ0) is 13.9. The molecule has 2 aromatic rings. The molecule has 0 aliphatic heterocycles. The quantitative estimate of drug-likeness (QED) is 0.845. The van der Waals surface area contributed by atoms with E-state index in [0.717, 1.165) is 23.0 Å². The van der Waals surface area contributed by atoms with Crippen LogP contribution in [0.4, 0.5) is 5.69 Å². The monoisotopic (exact) mass is 261 g/mol. The van der Waals surface area contributed by atoms with Gasteiger partial charge in [-0.25, -0.2) is 0 Å². The van der Waals surface area contributed by atoms with Crippen molar-refractivity contribution in [1.82, 2.24) is 0 Å². The molecule has 0 saturated heterocycles. The molecule has 0 spiro atoms. The van der Waals surface area contributed by atoms with E-state index in [9.17, 15) is 5.26 Å². The van der Waals surface area contributed by atoms with Gasteiger partial charge in [0.2, 0.25) is 0 Å². The minimum atomic E-state index is 0.533. The molecule has 98 valence electrons. The first-order valence-electron chi connectivity index (χ1n) is 6.90. The van der Waals surface area contributed by atoms with Gasteiger partial charge in [0.15, 0.2) is 0 Å². The van der Waals surface area contributed by atoms with Gasteiger partial charge < -0.3 is 4.90 Å². The minimum Gasteiger partial charge on any atom is -0.367 e. The maximum absolute atomic E-state index is 9.22. The maximum Gasteiger partial charge on any atom is 0.0998 e. The van der Waals surface area contributed by atoms with Crippen molar-refractivity contribution in [2.75, 3.05) is 11.4 Å². The first kappa shape index (κ1) is 12.5. The highest BCUT2D eigenvalue weighted by Gasteiger charge is 2.29. The van der Waals surface area contributed by atoms with Crippen LogP contribution in [0.25, 0.3) is 10.8 Å². The van der Waals surface area contributed by atoms with Gasteiger partial charge in [-0.3, -0.25) is 0 Å². The molecule has 0 amide bonds. The number of nitrogens with zero attached hydrogens (tertiary/aromatic N) is 3. The molecule has 0 radical (unpaired) electrons. The SMILES string of the molecule is N#CCCN(c1ccc(C#N)c2ccccc12)C1CC1. The number of benzene rings is 2. The van der Waals surface area contributed by atoms with Crippen LogP contribution in [0.5, 0.6) is 0 Å². The summed E-state index contributed by atoms with van der Waals surface area (Å²) in [5.74, 6) is 0. The lowest BCUT2D eigenvalue weighted by Gasteiger charge is -2.25. The summed E-state index contributed by atoms with van der Waals surface area (Å²) in [5, 5.41) is 20.2. The molecule has 0 heterocycles. The lowest BCUT2D eigenvalue weighted by atomic mass is 10.0. The number of fused-ring (bicyclic) bond motifs is 1. The number of nitriles is 2. The molecule has 1 saturated carbocycles. The zero-order valence-electron chi connectivity index (χ0n) is 11.2. The van der Waals surface area contributed by atoms with Crippen LogP contribution in [0.2, 0.25) is 0 Å². The molecular weight excluding hydrogens is 246 g/mol. The van der Waals surface area contributed by atoms with E-state index in [1.807, 2.05) is 30.3 Å². The van der Waals surface area contributed by atoms with E-state index in [1.54, 1.807) is 0 Å². The van der Waals surface area contributed by atoms with Crippen LogP contribution in [-0.2, 0) is 0 Å². The fourth-order valence-corrected chi connectivity index (χ4v) is 2.69. The Morgan fingerprint density at radius 3 is 2.45 bits per heavy atom. The smallest absolute Gasteiger partial charge is 0.0998 e. The third-order valence-corrected chi connectivity index (χ3v) is 3.78. The standard InChI is InChI=1S/C17H15N3/c18-10-3-11-20(14-7-8-14)17-9-6-13(12-19)15-4-1-2-5-16(15)17/h1-2,4-6,9,14H,3,7-8,11H2. The predicted molar refractivity (Wildman–Crippen MR) is 79.3 cm³/mol. The Balaban J connectivity index is 2.11. The first-order valence-corrected chi connectivity index (χ1v) is 6.90. The van der Waals surface area contributed by atoms with Gasteiger partial charge >= 0.3 is 0 Å².